The fourth-order valence-corrected chi connectivity index (χ4v) is 3.24. The van der Waals surface area contributed by atoms with Crippen molar-refractivity contribution >= 4 is 5.91 Å². The lowest BCUT2D eigenvalue weighted by Crippen LogP contribution is -2.28. The van der Waals surface area contributed by atoms with Gasteiger partial charge in [0, 0.05) is 13.0 Å². The molecule has 1 aromatic rings. The van der Waals surface area contributed by atoms with Crippen molar-refractivity contribution in [2.45, 2.75) is 31.6 Å². The average molecular weight is 332 g/mol. The van der Waals surface area contributed by atoms with Gasteiger partial charge in [0.2, 0.25) is 5.91 Å². The van der Waals surface area contributed by atoms with E-state index in [2.05, 4.69) is 22.3 Å². The second-order valence-corrected chi connectivity index (χ2v) is 7.06. The fraction of sp³-hybridized carbons (Fsp3) is 0.632. The predicted molar refractivity (Wildman–Crippen MR) is 93.7 cm³/mol. The SMILES string of the molecule is CN(C)CCCNC(=O)CC(c1ccc2c(c1)OCCO2)C1CC1. The Morgan fingerprint density at radius 3 is 2.71 bits per heavy atom. The summed E-state index contributed by atoms with van der Waals surface area (Å²) in [5.41, 5.74) is 1.20. The second-order valence-electron chi connectivity index (χ2n) is 7.06. The molecule has 0 spiro atoms. The number of benzene rings is 1. The van der Waals surface area contributed by atoms with E-state index in [1.54, 1.807) is 0 Å². The summed E-state index contributed by atoms with van der Waals surface area (Å²) in [5.74, 6) is 2.69. The molecule has 2 aliphatic rings. The number of nitrogens with one attached hydrogen (secondary N) is 1. The van der Waals surface area contributed by atoms with Crippen molar-refractivity contribution in [1.29, 1.82) is 0 Å². The van der Waals surface area contributed by atoms with Gasteiger partial charge in [-0.1, -0.05) is 6.07 Å². The minimum absolute atomic E-state index is 0.153. The van der Waals surface area contributed by atoms with Crippen LogP contribution in [-0.4, -0.2) is 51.2 Å². The summed E-state index contributed by atoms with van der Waals surface area (Å²) >= 11 is 0. The van der Waals surface area contributed by atoms with E-state index in [4.69, 9.17) is 9.47 Å². The summed E-state index contributed by atoms with van der Waals surface area (Å²) in [7, 11) is 4.10. The van der Waals surface area contributed by atoms with E-state index >= 15 is 0 Å². The zero-order valence-corrected chi connectivity index (χ0v) is 14.7. The maximum Gasteiger partial charge on any atom is 0.220 e. The molecule has 1 aromatic carbocycles. The van der Waals surface area contributed by atoms with Crippen LogP contribution in [0.1, 0.15) is 37.2 Å². The molecule has 1 heterocycles. The van der Waals surface area contributed by atoms with Gasteiger partial charge in [0.15, 0.2) is 11.5 Å². The van der Waals surface area contributed by atoms with Crippen LogP contribution in [0.15, 0.2) is 18.2 Å². The summed E-state index contributed by atoms with van der Waals surface area (Å²) in [6.45, 7) is 2.94. The Morgan fingerprint density at radius 2 is 2.00 bits per heavy atom. The highest BCUT2D eigenvalue weighted by atomic mass is 16.6. The number of carbonyl (C=O) groups is 1. The standard InChI is InChI=1S/C19H28N2O3/c1-21(2)9-3-8-20-19(22)13-16(14-4-5-14)15-6-7-17-18(12-15)24-11-10-23-17/h6-7,12,14,16H,3-5,8-11,13H2,1-2H3,(H,20,22). The third-order valence-electron chi connectivity index (χ3n) is 4.70. The quantitative estimate of drug-likeness (QED) is 0.743. The molecule has 1 fully saturated rings. The molecule has 0 bridgehead atoms. The summed E-state index contributed by atoms with van der Waals surface area (Å²) in [4.78, 5) is 14.4. The first-order chi connectivity index (χ1) is 11.6. The van der Waals surface area contributed by atoms with Crippen LogP contribution >= 0.6 is 0 Å². The summed E-state index contributed by atoms with van der Waals surface area (Å²) in [5, 5.41) is 3.06. The Balaban J connectivity index is 1.58. The van der Waals surface area contributed by atoms with E-state index in [9.17, 15) is 4.79 Å². The van der Waals surface area contributed by atoms with Gasteiger partial charge in [0.25, 0.3) is 0 Å². The van der Waals surface area contributed by atoms with Gasteiger partial charge in [-0.3, -0.25) is 4.79 Å². The predicted octanol–water partition coefficient (Wildman–Crippen LogP) is 2.41. The molecule has 1 aliphatic carbocycles. The molecule has 1 saturated carbocycles. The van der Waals surface area contributed by atoms with Crippen LogP contribution in [0.2, 0.25) is 0 Å². The molecule has 1 aliphatic heterocycles. The number of rotatable bonds is 8. The molecule has 0 saturated heterocycles. The van der Waals surface area contributed by atoms with Crippen molar-refractivity contribution in [3.05, 3.63) is 23.8 Å². The maximum atomic E-state index is 12.3. The van der Waals surface area contributed by atoms with E-state index in [1.807, 2.05) is 20.2 Å². The second kappa shape index (κ2) is 7.88. The number of fused-ring (bicyclic) bond motifs is 1. The van der Waals surface area contributed by atoms with Gasteiger partial charge in [-0.2, -0.15) is 0 Å². The zero-order valence-electron chi connectivity index (χ0n) is 14.7. The Labute approximate surface area is 144 Å². The lowest BCUT2D eigenvalue weighted by Gasteiger charge is -2.22. The molecule has 1 atom stereocenters. The normalized spacial score (nSPS) is 17.6. The molecule has 0 radical (unpaired) electrons. The monoisotopic (exact) mass is 332 g/mol. The Bertz CT molecular complexity index is 570. The minimum Gasteiger partial charge on any atom is -0.486 e. The highest BCUT2D eigenvalue weighted by Gasteiger charge is 2.34. The molecule has 0 aromatic heterocycles. The van der Waals surface area contributed by atoms with Crippen LogP contribution in [0.5, 0.6) is 11.5 Å². The van der Waals surface area contributed by atoms with Crippen LogP contribution in [-0.2, 0) is 4.79 Å². The van der Waals surface area contributed by atoms with E-state index in [1.165, 1.54) is 18.4 Å². The van der Waals surface area contributed by atoms with Crippen LogP contribution in [0.4, 0.5) is 0 Å². The topological polar surface area (TPSA) is 50.8 Å². The molecule has 5 heteroatoms. The van der Waals surface area contributed by atoms with E-state index in [-0.39, 0.29) is 11.8 Å². The third kappa shape index (κ3) is 4.63. The average Bonchev–Trinajstić information content (AvgIpc) is 3.41. The van der Waals surface area contributed by atoms with E-state index in [0.717, 1.165) is 31.0 Å². The first-order valence-electron chi connectivity index (χ1n) is 8.94. The zero-order chi connectivity index (χ0) is 16.9. The molecule has 24 heavy (non-hydrogen) atoms. The first kappa shape index (κ1) is 17.1. The smallest absolute Gasteiger partial charge is 0.220 e. The lowest BCUT2D eigenvalue weighted by molar-refractivity contribution is -0.121. The van der Waals surface area contributed by atoms with E-state index < -0.39 is 0 Å². The number of ether oxygens (including phenoxy) is 2. The van der Waals surface area contributed by atoms with Crippen molar-refractivity contribution < 1.29 is 14.3 Å². The largest absolute Gasteiger partial charge is 0.486 e. The van der Waals surface area contributed by atoms with Gasteiger partial charge in [0.05, 0.1) is 0 Å². The Hall–Kier alpha value is -1.75. The van der Waals surface area contributed by atoms with Crippen molar-refractivity contribution in [2.75, 3.05) is 40.4 Å². The van der Waals surface area contributed by atoms with Crippen LogP contribution in [0.3, 0.4) is 0 Å². The number of hydrogen-bond donors (Lipinski definition) is 1. The van der Waals surface area contributed by atoms with Gasteiger partial charge in [-0.25, -0.2) is 0 Å². The Morgan fingerprint density at radius 1 is 1.25 bits per heavy atom. The molecule has 3 rings (SSSR count). The summed E-state index contributed by atoms with van der Waals surface area (Å²) < 4.78 is 11.3. The van der Waals surface area contributed by atoms with Gasteiger partial charge >= 0.3 is 0 Å². The molecule has 132 valence electrons. The van der Waals surface area contributed by atoms with Crippen LogP contribution < -0.4 is 14.8 Å². The number of carbonyl (C=O) groups excluding carboxylic acids is 1. The van der Waals surface area contributed by atoms with Crippen molar-refractivity contribution in [1.82, 2.24) is 10.2 Å². The van der Waals surface area contributed by atoms with Gasteiger partial charge < -0.3 is 19.7 Å². The molecule has 1 N–H and O–H groups in total. The number of amides is 1. The third-order valence-corrected chi connectivity index (χ3v) is 4.70. The molecular weight excluding hydrogens is 304 g/mol. The lowest BCUT2D eigenvalue weighted by atomic mass is 9.90. The highest BCUT2D eigenvalue weighted by molar-refractivity contribution is 5.77. The van der Waals surface area contributed by atoms with Crippen molar-refractivity contribution in [2.24, 2.45) is 5.92 Å². The van der Waals surface area contributed by atoms with Crippen molar-refractivity contribution in [3.8, 4) is 11.5 Å². The van der Waals surface area contributed by atoms with Crippen LogP contribution in [0, 0.1) is 5.92 Å². The molecule has 1 amide bonds. The van der Waals surface area contributed by atoms with Gasteiger partial charge in [-0.15, -0.1) is 0 Å². The van der Waals surface area contributed by atoms with E-state index in [0.29, 0.717) is 25.6 Å². The van der Waals surface area contributed by atoms with Gasteiger partial charge in [0.1, 0.15) is 13.2 Å². The van der Waals surface area contributed by atoms with Crippen molar-refractivity contribution in [3.63, 3.8) is 0 Å². The molecular formula is C19H28N2O3. The van der Waals surface area contributed by atoms with Gasteiger partial charge in [-0.05, 0) is 69.4 Å². The molecule has 1 unspecified atom stereocenters. The summed E-state index contributed by atoms with van der Waals surface area (Å²) in [6, 6.07) is 6.14. The minimum atomic E-state index is 0.153. The number of hydrogen-bond acceptors (Lipinski definition) is 4. The van der Waals surface area contributed by atoms with Crippen LogP contribution in [0.25, 0.3) is 0 Å². The Kier molecular flexibility index (Phi) is 5.61. The first-order valence-corrected chi connectivity index (χ1v) is 8.94. The fourth-order valence-electron chi connectivity index (χ4n) is 3.24. The highest BCUT2D eigenvalue weighted by Crippen LogP contribution is 2.46. The summed E-state index contributed by atoms with van der Waals surface area (Å²) in [6.07, 6.45) is 3.98. The molecule has 5 nitrogen and oxygen atoms in total. The maximum absolute atomic E-state index is 12.3. The number of nitrogens with zero attached hydrogens (tertiary/aromatic N) is 1.